The number of hydrogen-bond acceptors (Lipinski definition) is 4. The van der Waals surface area contributed by atoms with Gasteiger partial charge in [0.05, 0.1) is 4.91 Å². The molecule has 0 aliphatic carbocycles. The molecule has 1 saturated heterocycles. The van der Waals surface area contributed by atoms with Crippen LogP contribution in [0.5, 0.6) is 0 Å². The van der Waals surface area contributed by atoms with E-state index in [0.29, 0.717) is 22.3 Å². The number of benzene rings is 1. The first kappa shape index (κ1) is 16.6. The molecule has 1 aromatic carbocycles. The van der Waals surface area contributed by atoms with Gasteiger partial charge in [-0.3, -0.25) is 4.79 Å². The van der Waals surface area contributed by atoms with Crippen molar-refractivity contribution in [3.05, 3.63) is 39.2 Å². The summed E-state index contributed by atoms with van der Waals surface area (Å²) in [5.41, 5.74) is 1.04. The number of carbonyl (C=O) groups is 1. The monoisotopic (exact) mass is 401 g/mol. The number of aliphatic carboxylic acids is 1. The quantitative estimate of drug-likeness (QED) is 0.585. The molecule has 0 radical (unpaired) electrons. The second kappa shape index (κ2) is 7.49. The second-order valence-corrected chi connectivity index (χ2v) is 7.27. The highest BCUT2D eigenvalue weighted by Crippen LogP contribution is 2.34. The van der Waals surface area contributed by atoms with E-state index in [0.717, 1.165) is 14.9 Å². The van der Waals surface area contributed by atoms with Crippen molar-refractivity contribution in [1.29, 1.82) is 0 Å². The van der Waals surface area contributed by atoms with Gasteiger partial charge in [-0.25, -0.2) is 0 Å². The van der Waals surface area contributed by atoms with Crippen LogP contribution in [0.15, 0.2) is 33.6 Å². The molecule has 3 nitrogen and oxygen atoms in total. The first-order valence-corrected chi connectivity index (χ1v) is 8.63. The number of carboxylic acid groups (broad SMARTS) is 1. The van der Waals surface area contributed by atoms with Crippen molar-refractivity contribution in [2.45, 2.75) is 12.8 Å². The maximum Gasteiger partial charge on any atom is 0.303 e. The lowest BCUT2D eigenvalue weighted by Crippen LogP contribution is -2.28. The predicted molar refractivity (Wildman–Crippen MR) is 98.5 cm³/mol. The maximum absolute atomic E-state index is 10.6. The first-order chi connectivity index (χ1) is 9.99. The van der Waals surface area contributed by atoms with Gasteiger partial charge in [-0.2, -0.15) is 0 Å². The third-order valence-corrected chi connectivity index (χ3v) is 5.53. The lowest BCUT2D eigenvalue weighted by molar-refractivity contribution is -0.137. The Morgan fingerprint density at radius 3 is 2.76 bits per heavy atom. The van der Waals surface area contributed by atoms with Crippen LogP contribution in [-0.4, -0.2) is 31.8 Å². The molecular weight excluding hydrogens is 390 g/mol. The van der Waals surface area contributed by atoms with E-state index in [-0.39, 0.29) is 6.42 Å². The third kappa shape index (κ3) is 4.35. The number of carboxylic acids is 1. The lowest BCUT2D eigenvalue weighted by atomic mass is 10.2. The standard InChI is InChI=1S/C14H12BrNO2S3/c15-10-5-2-1-4-9(10)8-11-13(19)16(14(20)21-11)7-3-6-12(17)18/h1-2,4-5,8H,3,6-7H2,(H,17,18)/b11-8-. The molecule has 21 heavy (non-hydrogen) atoms. The summed E-state index contributed by atoms with van der Waals surface area (Å²) in [5, 5.41) is 8.69. The van der Waals surface area contributed by atoms with Crippen molar-refractivity contribution < 1.29 is 9.90 Å². The molecule has 1 aliphatic rings. The van der Waals surface area contributed by atoms with Crippen LogP contribution < -0.4 is 0 Å². The molecule has 1 aliphatic heterocycles. The topological polar surface area (TPSA) is 40.5 Å². The third-order valence-electron chi connectivity index (χ3n) is 2.84. The Morgan fingerprint density at radius 2 is 2.10 bits per heavy atom. The summed E-state index contributed by atoms with van der Waals surface area (Å²) in [4.78, 5) is 14.0. The SMILES string of the molecule is O=C(O)CCCN1C(=S)S/C(=C\c2ccccc2Br)C1=S. The zero-order valence-corrected chi connectivity index (χ0v) is 14.9. The van der Waals surface area contributed by atoms with Gasteiger partial charge in [0, 0.05) is 17.4 Å². The van der Waals surface area contributed by atoms with E-state index < -0.39 is 5.97 Å². The van der Waals surface area contributed by atoms with E-state index in [1.54, 1.807) is 0 Å². The molecule has 1 N–H and O–H groups in total. The van der Waals surface area contributed by atoms with Crippen molar-refractivity contribution >= 4 is 73.5 Å². The molecule has 0 atom stereocenters. The zero-order chi connectivity index (χ0) is 15.4. The van der Waals surface area contributed by atoms with Gasteiger partial charge in [-0.05, 0) is 24.1 Å². The Balaban J connectivity index is 2.11. The molecule has 0 aromatic heterocycles. The summed E-state index contributed by atoms with van der Waals surface area (Å²) < 4.78 is 1.68. The van der Waals surface area contributed by atoms with E-state index in [4.69, 9.17) is 29.5 Å². The smallest absolute Gasteiger partial charge is 0.303 e. The van der Waals surface area contributed by atoms with Crippen molar-refractivity contribution in [3.63, 3.8) is 0 Å². The maximum atomic E-state index is 10.6. The fourth-order valence-corrected chi connectivity index (χ4v) is 4.01. The molecular formula is C14H12BrNO2S3. The molecule has 7 heteroatoms. The molecule has 0 spiro atoms. The molecule has 0 unspecified atom stereocenters. The molecule has 1 fully saturated rings. The molecule has 1 heterocycles. The fourth-order valence-electron chi connectivity index (χ4n) is 1.81. The Labute approximate surface area is 146 Å². The van der Waals surface area contributed by atoms with E-state index in [1.807, 2.05) is 35.2 Å². The fraction of sp³-hybridized carbons (Fsp3) is 0.214. The summed E-state index contributed by atoms with van der Waals surface area (Å²) in [7, 11) is 0. The van der Waals surface area contributed by atoms with Crippen LogP contribution in [0.2, 0.25) is 0 Å². The van der Waals surface area contributed by atoms with E-state index in [1.165, 1.54) is 11.8 Å². The van der Waals surface area contributed by atoms with Crippen LogP contribution in [0.25, 0.3) is 6.08 Å². The average molecular weight is 402 g/mol. The molecule has 1 aromatic rings. The summed E-state index contributed by atoms with van der Waals surface area (Å²) >= 11 is 15.7. The number of halogens is 1. The lowest BCUT2D eigenvalue weighted by Gasteiger charge is -2.15. The molecule has 110 valence electrons. The van der Waals surface area contributed by atoms with Crippen LogP contribution in [0.4, 0.5) is 0 Å². The van der Waals surface area contributed by atoms with Gasteiger partial charge in [0.25, 0.3) is 0 Å². The largest absolute Gasteiger partial charge is 0.481 e. The Hall–Kier alpha value is -0.760. The number of rotatable bonds is 5. The van der Waals surface area contributed by atoms with Crippen molar-refractivity contribution in [2.75, 3.05) is 6.54 Å². The summed E-state index contributed by atoms with van der Waals surface area (Å²) in [5.74, 6) is -0.803. The van der Waals surface area contributed by atoms with Gasteiger partial charge >= 0.3 is 5.97 Å². The van der Waals surface area contributed by atoms with Gasteiger partial charge < -0.3 is 10.0 Å². The second-order valence-electron chi connectivity index (χ2n) is 4.35. The minimum atomic E-state index is -0.803. The molecule has 0 amide bonds. The van der Waals surface area contributed by atoms with Crippen LogP contribution >= 0.6 is 52.1 Å². The highest BCUT2D eigenvalue weighted by Gasteiger charge is 2.28. The highest BCUT2D eigenvalue weighted by molar-refractivity contribution is 9.10. The van der Waals surface area contributed by atoms with Crippen LogP contribution in [-0.2, 0) is 4.79 Å². The van der Waals surface area contributed by atoms with Gasteiger partial charge in [0.1, 0.15) is 9.31 Å². The highest BCUT2D eigenvalue weighted by atomic mass is 79.9. The Bertz CT molecular complexity index is 630. The van der Waals surface area contributed by atoms with Gasteiger partial charge in [0.15, 0.2) is 0 Å². The molecule has 0 saturated carbocycles. The van der Waals surface area contributed by atoms with Crippen LogP contribution in [0, 0.1) is 0 Å². The zero-order valence-electron chi connectivity index (χ0n) is 10.9. The Morgan fingerprint density at radius 1 is 1.38 bits per heavy atom. The number of hydrogen-bond donors (Lipinski definition) is 1. The summed E-state index contributed by atoms with van der Waals surface area (Å²) in [6, 6.07) is 7.88. The number of nitrogens with zero attached hydrogens (tertiary/aromatic N) is 1. The van der Waals surface area contributed by atoms with Gasteiger partial charge in [0.2, 0.25) is 0 Å². The van der Waals surface area contributed by atoms with Crippen LogP contribution in [0.3, 0.4) is 0 Å². The Kier molecular flexibility index (Phi) is 5.92. The molecule has 2 rings (SSSR count). The van der Waals surface area contributed by atoms with E-state index >= 15 is 0 Å². The number of thioether (sulfide) groups is 1. The van der Waals surface area contributed by atoms with Crippen molar-refractivity contribution in [3.8, 4) is 0 Å². The summed E-state index contributed by atoms with van der Waals surface area (Å²) in [6.45, 7) is 0.546. The van der Waals surface area contributed by atoms with E-state index in [2.05, 4.69) is 15.9 Å². The summed E-state index contributed by atoms with van der Waals surface area (Å²) in [6.07, 6.45) is 2.65. The van der Waals surface area contributed by atoms with Gasteiger partial charge in [-0.15, -0.1) is 0 Å². The van der Waals surface area contributed by atoms with E-state index in [9.17, 15) is 4.79 Å². The predicted octanol–water partition coefficient (Wildman–Crippen LogP) is 4.32. The minimum absolute atomic E-state index is 0.121. The van der Waals surface area contributed by atoms with Crippen molar-refractivity contribution in [1.82, 2.24) is 4.90 Å². The van der Waals surface area contributed by atoms with Gasteiger partial charge in [-0.1, -0.05) is 70.3 Å². The molecule has 0 bridgehead atoms. The normalized spacial score (nSPS) is 16.8. The number of thiocarbonyl (C=S) groups is 2. The average Bonchev–Trinajstić information content (AvgIpc) is 2.68. The first-order valence-electron chi connectivity index (χ1n) is 6.20. The minimum Gasteiger partial charge on any atom is -0.481 e. The van der Waals surface area contributed by atoms with Crippen LogP contribution in [0.1, 0.15) is 18.4 Å². The van der Waals surface area contributed by atoms with Crippen molar-refractivity contribution in [2.24, 2.45) is 0 Å².